The smallest absolute Gasteiger partial charge is 0.247 e. The van der Waals surface area contributed by atoms with E-state index >= 15 is 0 Å². The van der Waals surface area contributed by atoms with Crippen molar-refractivity contribution in [2.24, 2.45) is 0 Å². The minimum atomic E-state index is -0.373. The minimum absolute atomic E-state index is 0.370. The van der Waals surface area contributed by atoms with E-state index in [1.165, 1.54) is 0 Å². The number of hydrogen-bond acceptors (Lipinski definition) is 0. The van der Waals surface area contributed by atoms with Crippen molar-refractivity contribution >= 4 is 23.2 Å². The molecule has 1 heterocycles. The SMILES string of the molecule is Cc1n(CCF)cc[n+]1Cc1c(Cl)cccc1Cl. The van der Waals surface area contributed by atoms with Crippen LogP contribution in [0, 0.1) is 6.92 Å². The summed E-state index contributed by atoms with van der Waals surface area (Å²) in [7, 11) is 0. The van der Waals surface area contributed by atoms with Gasteiger partial charge in [0.25, 0.3) is 5.82 Å². The van der Waals surface area contributed by atoms with Gasteiger partial charge in [-0.15, -0.1) is 0 Å². The zero-order chi connectivity index (χ0) is 13.1. The lowest BCUT2D eigenvalue weighted by Crippen LogP contribution is -2.36. The van der Waals surface area contributed by atoms with Crippen LogP contribution in [0.3, 0.4) is 0 Å². The number of aromatic nitrogens is 2. The van der Waals surface area contributed by atoms with Gasteiger partial charge in [-0.25, -0.2) is 13.5 Å². The molecule has 1 aromatic carbocycles. The van der Waals surface area contributed by atoms with Crippen LogP contribution in [0.1, 0.15) is 11.4 Å². The number of benzene rings is 1. The van der Waals surface area contributed by atoms with Gasteiger partial charge in [-0.3, -0.25) is 0 Å². The first-order valence-electron chi connectivity index (χ1n) is 5.67. The fourth-order valence-corrected chi connectivity index (χ4v) is 2.41. The third kappa shape index (κ3) is 2.68. The Morgan fingerprint density at radius 3 is 2.56 bits per heavy atom. The molecule has 0 aliphatic carbocycles. The Bertz CT molecular complexity index is 532. The Kier molecular flexibility index (Phi) is 4.25. The summed E-state index contributed by atoms with van der Waals surface area (Å²) in [5, 5.41) is 1.29. The zero-order valence-electron chi connectivity index (χ0n) is 10.0. The van der Waals surface area contributed by atoms with Gasteiger partial charge in [0.2, 0.25) is 0 Å². The lowest BCUT2D eigenvalue weighted by atomic mass is 10.2. The van der Waals surface area contributed by atoms with E-state index in [1.54, 1.807) is 0 Å². The number of hydrogen-bond donors (Lipinski definition) is 0. The number of imidazole rings is 1. The zero-order valence-corrected chi connectivity index (χ0v) is 11.5. The Balaban J connectivity index is 2.29. The monoisotopic (exact) mass is 287 g/mol. The molecule has 0 amide bonds. The summed E-state index contributed by atoms with van der Waals surface area (Å²) < 4.78 is 16.2. The van der Waals surface area contributed by atoms with Crippen LogP contribution >= 0.6 is 23.2 Å². The molecular weight excluding hydrogens is 274 g/mol. The van der Waals surface area contributed by atoms with E-state index in [4.69, 9.17) is 23.2 Å². The molecular formula is C13H14Cl2FN2+. The summed E-state index contributed by atoms with van der Waals surface area (Å²) in [5.41, 5.74) is 0.881. The third-order valence-electron chi connectivity index (χ3n) is 2.97. The van der Waals surface area contributed by atoms with E-state index in [-0.39, 0.29) is 6.67 Å². The molecule has 0 spiro atoms. The molecule has 1 aromatic heterocycles. The molecule has 0 fully saturated rings. The summed E-state index contributed by atoms with van der Waals surface area (Å²) in [5.74, 6) is 0.976. The second kappa shape index (κ2) is 5.72. The third-order valence-corrected chi connectivity index (χ3v) is 3.68. The first-order valence-corrected chi connectivity index (χ1v) is 6.43. The first-order chi connectivity index (χ1) is 8.63. The van der Waals surface area contributed by atoms with Crippen molar-refractivity contribution in [3.63, 3.8) is 0 Å². The van der Waals surface area contributed by atoms with Crippen LogP contribution in [0.25, 0.3) is 0 Å². The predicted octanol–water partition coefficient (Wildman–Crippen LogP) is 3.41. The minimum Gasteiger partial charge on any atom is -0.247 e. The maximum absolute atomic E-state index is 12.4. The van der Waals surface area contributed by atoms with Gasteiger partial charge in [-0.1, -0.05) is 29.3 Å². The molecule has 0 saturated carbocycles. The highest BCUT2D eigenvalue weighted by Crippen LogP contribution is 2.23. The van der Waals surface area contributed by atoms with Crippen molar-refractivity contribution in [1.29, 1.82) is 0 Å². The molecule has 0 aliphatic rings. The lowest BCUT2D eigenvalue weighted by molar-refractivity contribution is -0.693. The van der Waals surface area contributed by atoms with Crippen molar-refractivity contribution in [2.45, 2.75) is 20.0 Å². The molecule has 2 aromatic rings. The second-order valence-electron chi connectivity index (χ2n) is 4.06. The van der Waals surface area contributed by atoms with Crippen LogP contribution in [0.15, 0.2) is 30.6 Å². The number of nitrogens with zero attached hydrogens (tertiary/aromatic N) is 2. The number of rotatable bonds is 4. The summed E-state index contributed by atoms with van der Waals surface area (Å²) in [6.07, 6.45) is 3.77. The predicted molar refractivity (Wildman–Crippen MR) is 70.9 cm³/mol. The maximum atomic E-state index is 12.4. The Labute approximate surface area is 116 Å². The Hall–Kier alpha value is -1.06. The van der Waals surface area contributed by atoms with E-state index in [2.05, 4.69) is 0 Å². The van der Waals surface area contributed by atoms with E-state index < -0.39 is 0 Å². The van der Waals surface area contributed by atoms with E-state index in [1.807, 2.05) is 46.7 Å². The van der Waals surface area contributed by atoms with Crippen LogP contribution in [-0.2, 0) is 13.1 Å². The van der Waals surface area contributed by atoms with Crippen molar-refractivity contribution in [1.82, 2.24) is 4.57 Å². The van der Waals surface area contributed by atoms with E-state index in [9.17, 15) is 4.39 Å². The fraction of sp³-hybridized carbons (Fsp3) is 0.308. The highest BCUT2D eigenvalue weighted by molar-refractivity contribution is 6.35. The van der Waals surface area contributed by atoms with Crippen LogP contribution in [0.5, 0.6) is 0 Å². The van der Waals surface area contributed by atoms with Crippen molar-refractivity contribution in [3.8, 4) is 0 Å². The second-order valence-corrected chi connectivity index (χ2v) is 4.87. The van der Waals surface area contributed by atoms with Gasteiger partial charge in [0, 0.05) is 22.5 Å². The molecule has 2 nitrogen and oxygen atoms in total. The van der Waals surface area contributed by atoms with E-state index in [0.29, 0.717) is 23.1 Å². The lowest BCUT2D eigenvalue weighted by Gasteiger charge is -2.05. The number of alkyl halides is 1. The quantitative estimate of drug-likeness (QED) is 0.762. The van der Waals surface area contributed by atoms with Crippen molar-refractivity contribution in [3.05, 3.63) is 52.0 Å². The van der Waals surface area contributed by atoms with Crippen LogP contribution < -0.4 is 4.57 Å². The van der Waals surface area contributed by atoms with Crippen LogP contribution in [0.2, 0.25) is 10.0 Å². The van der Waals surface area contributed by atoms with Gasteiger partial charge >= 0.3 is 0 Å². The van der Waals surface area contributed by atoms with Gasteiger partial charge in [0.15, 0.2) is 0 Å². The van der Waals surface area contributed by atoms with Gasteiger partial charge < -0.3 is 0 Å². The molecule has 0 aliphatic heterocycles. The molecule has 0 atom stereocenters. The largest absolute Gasteiger partial charge is 0.253 e. The molecule has 0 N–H and O–H groups in total. The Morgan fingerprint density at radius 2 is 1.94 bits per heavy atom. The standard InChI is InChI=1S/C13H14Cl2FN2/c1-10-17(6-5-16)7-8-18(10)9-11-12(14)3-2-4-13(11)15/h2-4,7-8H,5-6,9H2,1H3/q+1. The molecule has 0 bridgehead atoms. The van der Waals surface area contributed by atoms with Gasteiger partial charge in [-0.2, -0.15) is 0 Å². The molecule has 5 heteroatoms. The van der Waals surface area contributed by atoms with Gasteiger partial charge in [0.1, 0.15) is 32.2 Å². The first kappa shape index (κ1) is 13.4. The van der Waals surface area contributed by atoms with Crippen molar-refractivity contribution in [2.75, 3.05) is 6.67 Å². The highest BCUT2D eigenvalue weighted by Gasteiger charge is 2.15. The fourth-order valence-electron chi connectivity index (χ4n) is 1.89. The van der Waals surface area contributed by atoms with Gasteiger partial charge in [-0.05, 0) is 12.1 Å². The van der Waals surface area contributed by atoms with Crippen LogP contribution in [-0.4, -0.2) is 11.2 Å². The summed E-state index contributed by atoms with van der Waals surface area (Å²) >= 11 is 12.3. The maximum Gasteiger partial charge on any atom is 0.253 e. The normalized spacial score (nSPS) is 10.9. The number of halogens is 3. The average Bonchev–Trinajstić information content (AvgIpc) is 2.67. The number of aryl methyl sites for hydroxylation is 1. The summed E-state index contributed by atoms with van der Waals surface area (Å²) in [6, 6.07) is 5.45. The summed E-state index contributed by atoms with van der Waals surface area (Å²) in [4.78, 5) is 0. The molecule has 2 rings (SSSR count). The molecule has 0 unspecified atom stereocenters. The Morgan fingerprint density at radius 1 is 1.28 bits per heavy atom. The van der Waals surface area contributed by atoms with Gasteiger partial charge in [0.05, 0.1) is 0 Å². The topological polar surface area (TPSA) is 8.81 Å². The molecule has 96 valence electrons. The molecule has 0 saturated heterocycles. The molecule has 18 heavy (non-hydrogen) atoms. The van der Waals surface area contributed by atoms with Crippen molar-refractivity contribution < 1.29 is 8.96 Å². The van der Waals surface area contributed by atoms with Crippen LogP contribution in [0.4, 0.5) is 4.39 Å². The average molecular weight is 288 g/mol. The highest BCUT2D eigenvalue weighted by atomic mass is 35.5. The molecule has 0 radical (unpaired) electrons. The summed E-state index contributed by atoms with van der Waals surface area (Å²) in [6.45, 7) is 2.53. The van der Waals surface area contributed by atoms with E-state index in [0.717, 1.165) is 11.4 Å².